The molecule has 3 N–H and O–H groups in total. The molecule has 1 aromatic carbocycles. The fourth-order valence-electron chi connectivity index (χ4n) is 1.59. The Morgan fingerprint density at radius 1 is 1.33 bits per heavy atom. The van der Waals surface area contributed by atoms with Gasteiger partial charge in [-0.05, 0) is 29.5 Å². The lowest BCUT2D eigenvalue weighted by Crippen LogP contribution is -2.29. The first-order valence-corrected chi connectivity index (χ1v) is 6.47. The molecule has 0 saturated carbocycles. The molecule has 0 bridgehead atoms. The molecular formula is C15H26N2O. The van der Waals surface area contributed by atoms with E-state index >= 15 is 0 Å². The van der Waals surface area contributed by atoms with Crippen molar-refractivity contribution in [3.05, 3.63) is 23.8 Å². The van der Waals surface area contributed by atoms with Crippen LogP contribution in [0.4, 0.5) is 5.69 Å². The number of hydrogen-bond donors (Lipinski definition) is 2. The molecule has 0 radical (unpaired) electrons. The smallest absolute Gasteiger partial charge is 0.120 e. The van der Waals surface area contributed by atoms with Crippen molar-refractivity contribution in [2.24, 2.45) is 11.3 Å². The highest BCUT2D eigenvalue weighted by atomic mass is 16.5. The van der Waals surface area contributed by atoms with Crippen LogP contribution in [0, 0.1) is 11.3 Å². The van der Waals surface area contributed by atoms with Crippen molar-refractivity contribution >= 4 is 5.69 Å². The van der Waals surface area contributed by atoms with Gasteiger partial charge in [-0.15, -0.1) is 0 Å². The van der Waals surface area contributed by atoms with Gasteiger partial charge in [-0.1, -0.05) is 33.8 Å². The second kappa shape index (κ2) is 6.10. The van der Waals surface area contributed by atoms with Crippen molar-refractivity contribution in [3.63, 3.8) is 0 Å². The van der Waals surface area contributed by atoms with Crippen LogP contribution in [0.15, 0.2) is 18.2 Å². The Labute approximate surface area is 111 Å². The van der Waals surface area contributed by atoms with E-state index in [1.807, 2.05) is 18.2 Å². The van der Waals surface area contributed by atoms with E-state index in [9.17, 15) is 0 Å². The van der Waals surface area contributed by atoms with Gasteiger partial charge in [-0.2, -0.15) is 0 Å². The van der Waals surface area contributed by atoms with Crippen molar-refractivity contribution in [2.45, 2.75) is 34.2 Å². The first-order chi connectivity index (χ1) is 8.34. The molecule has 0 aliphatic carbocycles. The largest absolute Gasteiger partial charge is 0.497 e. The van der Waals surface area contributed by atoms with Gasteiger partial charge in [-0.25, -0.2) is 0 Å². The quantitative estimate of drug-likeness (QED) is 0.790. The Morgan fingerprint density at radius 2 is 2.00 bits per heavy atom. The van der Waals surface area contributed by atoms with Gasteiger partial charge in [0.2, 0.25) is 0 Å². The molecule has 3 nitrogen and oxygen atoms in total. The Kier molecular flexibility index (Phi) is 5.03. The average Bonchev–Trinajstić information content (AvgIpc) is 2.29. The molecule has 1 rings (SSSR count). The molecule has 0 aliphatic heterocycles. The van der Waals surface area contributed by atoms with Crippen LogP contribution in [0.2, 0.25) is 0 Å². The topological polar surface area (TPSA) is 47.3 Å². The van der Waals surface area contributed by atoms with Gasteiger partial charge in [0.15, 0.2) is 0 Å². The van der Waals surface area contributed by atoms with Crippen LogP contribution in [-0.4, -0.2) is 13.7 Å². The minimum absolute atomic E-state index is 0.332. The Balaban J connectivity index is 2.49. The molecule has 0 aliphatic rings. The lowest BCUT2D eigenvalue weighted by Gasteiger charge is -2.27. The molecule has 18 heavy (non-hydrogen) atoms. The maximum absolute atomic E-state index is 5.98. The van der Waals surface area contributed by atoms with Crippen LogP contribution in [0.3, 0.4) is 0 Å². The van der Waals surface area contributed by atoms with E-state index in [1.54, 1.807) is 7.11 Å². The van der Waals surface area contributed by atoms with Crippen molar-refractivity contribution in [2.75, 3.05) is 19.4 Å². The van der Waals surface area contributed by atoms with Crippen molar-refractivity contribution in [1.29, 1.82) is 0 Å². The SMILES string of the molecule is COc1ccc(CNCC(C)C(C)(C)C)c(N)c1. The van der Waals surface area contributed by atoms with Crippen LogP contribution >= 0.6 is 0 Å². The van der Waals surface area contributed by atoms with Gasteiger partial charge >= 0.3 is 0 Å². The first-order valence-electron chi connectivity index (χ1n) is 6.47. The molecule has 1 atom stereocenters. The molecule has 3 heteroatoms. The average molecular weight is 250 g/mol. The molecule has 0 saturated heterocycles. The number of methoxy groups -OCH3 is 1. The number of nitrogen functional groups attached to an aromatic ring is 1. The van der Waals surface area contributed by atoms with Gasteiger partial charge in [0, 0.05) is 18.3 Å². The molecule has 1 unspecified atom stereocenters. The van der Waals surface area contributed by atoms with E-state index in [4.69, 9.17) is 10.5 Å². The molecule has 1 aromatic rings. The second-order valence-electron chi connectivity index (χ2n) is 5.96. The number of anilines is 1. The van der Waals surface area contributed by atoms with Crippen molar-refractivity contribution in [3.8, 4) is 5.75 Å². The molecule has 0 fully saturated rings. The molecule has 102 valence electrons. The summed E-state index contributed by atoms with van der Waals surface area (Å²) in [7, 11) is 1.65. The highest BCUT2D eigenvalue weighted by molar-refractivity contribution is 5.51. The number of benzene rings is 1. The number of nitrogens with one attached hydrogen (secondary N) is 1. The zero-order valence-corrected chi connectivity index (χ0v) is 12.2. The lowest BCUT2D eigenvalue weighted by atomic mass is 9.82. The van der Waals surface area contributed by atoms with Gasteiger partial charge in [-0.3, -0.25) is 0 Å². The van der Waals surface area contributed by atoms with Crippen LogP contribution in [0.5, 0.6) is 5.75 Å². The van der Waals surface area contributed by atoms with Crippen molar-refractivity contribution in [1.82, 2.24) is 5.32 Å². The Bertz CT molecular complexity index is 383. The lowest BCUT2D eigenvalue weighted by molar-refractivity contribution is 0.252. The minimum Gasteiger partial charge on any atom is -0.497 e. The summed E-state index contributed by atoms with van der Waals surface area (Å²) in [6.07, 6.45) is 0. The normalized spacial score (nSPS) is 13.4. The van der Waals surface area contributed by atoms with Crippen molar-refractivity contribution < 1.29 is 4.74 Å². The van der Waals surface area contributed by atoms with Gasteiger partial charge in [0.05, 0.1) is 7.11 Å². The van der Waals surface area contributed by atoms with E-state index < -0.39 is 0 Å². The van der Waals surface area contributed by atoms with Crippen LogP contribution < -0.4 is 15.8 Å². The summed E-state index contributed by atoms with van der Waals surface area (Å²) in [6, 6.07) is 5.83. The van der Waals surface area contributed by atoms with Crippen LogP contribution in [0.25, 0.3) is 0 Å². The molecule has 0 spiro atoms. The van der Waals surface area contributed by atoms with Gasteiger partial charge in [0.1, 0.15) is 5.75 Å². The highest BCUT2D eigenvalue weighted by Crippen LogP contribution is 2.25. The standard InChI is InChI=1S/C15H26N2O/c1-11(15(2,3)4)9-17-10-12-6-7-13(18-5)8-14(12)16/h6-8,11,17H,9-10,16H2,1-5H3. The third kappa shape index (κ3) is 4.22. The number of nitrogens with two attached hydrogens (primary N) is 1. The summed E-state index contributed by atoms with van der Waals surface area (Å²) >= 11 is 0. The number of rotatable bonds is 5. The van der Waals surface area contributed by atoms with Gasteiger partial charge < -0.3 is 15.8 Å². The zero-order valence-electron chi connectivity index (χ0n) is 12.2. The fraction of sp³-hybridized carbons (Fsp3) is 0.600. The Morgan fingerprint density at radius 3 is 2.50 bits per heavy atom. The zero-order chi connectivity index (χ0) is 13.8. The third-order valence-corrected chi connectivity index (χ3v) is 3.60. The van der Waals surface area contributed by atoms with E-state index in [1.165, 1.54) is 0 Å². The summed E-state index contributed by atoms with van der Waals surface area (Å²) in [5.74, 6) is 1.43. The first kappa shape index (κ1) is 14.8. The molecule has 0 amide bonds. The summed E-state index contributed by atoms with van der Waals surface area (Å²) in [5.41, 5.74) is 8.22. The fourth-order valence-corrected chi connectivity index (χ4v) is 1.59. The Hall–Kier alpha value is -1.22. The third-order valence-electron chi connectivity index (χ3n) is 3.60. The van der Waals surface area contributed by atoms with E-state index in [0.717, 1.165) is 30.1 Å². The predicted octanol–water partition coefficient (Wildman–Crippen LogP) is 3.05. The number of hydrogen-bond acceptors (Lipinski definition) is 3. The summed E-state index contributed by atoms with van der Waals surface area (Å²) in [4.78, 5) is 0. The highest BCUT2D eigenvalue weighted by Gasteiger charge is 2.19. The summed E-state index contributed by atoms with van der Waals surface area (Å²) in [5, 5.41) is 3.47. The molecule has 0 aromatic heterocycles. The number of ether oxygens (including phenoxy) is 1. The molecular weight excluding hydrogens is 224 g/mol. The summed E-state index contributed by atoms with van der Waals surface area (Å²) in [6.45, 7) is 10.9. The van der Waals surface area contributed by atoms with Crippen LogP contribution in [0.1, 0.15) is 33.3 Å². The molecule has 0 heterocycles. The van der Waals surface area contributed by atoms with Gasteiger partial charge in [0.25, 0.3) is 0 Å². The maximum atomic E-state index is 5.98. The van der Waals surface area contributed by atoms with E-state index in [0.29, 0.717) is 11.3 Å². The predicted molar refractivity (Wildman–Crippen MR) is 77.7 cm³/mol. The van der Waals surface area contributed by atoms with E-state index in [2.05, 4.69) is 33.0 Å². The monoisotopic (exact) mass is 250 g/mol. The van der Waals surface area contributed by atoms with E-state index in [-0.39, 0.29) is 0 Å². The summed E-state index contributed by atoms with van der Waals surface area (Å²) < 4.78 is 5.14. The second-order valence-corrected chi connectivity index (χ2v) is 5.96. The van der Waals surface area contributed by atoms with Crippen LogP contribution in [-0.2, 0) is 6.54 Å². The minimum atomic E-state index is 0.332. The maximum Gasteiger partial charge on any atom is 0.120 e.